The van der Waals surface area contributed by atoms with Crippen LogP contribution in [0.15, 0.2) is 107 Å². The van der Waals surface area contributed by atoms with Crippen LogP contribution in [0.25, 0.3) is 10.8 Å². The second-order valence-corrected chi connectivity index (χ2v) is 12.2. The van der Waals surface area contributed by atoms with Crippen molar-refractivity contribution in [3.05, 3.63) is 73.0 Å². The number of hydrogen-bond donors (Lipinski definition) is 5. The summed E-state index contributed by atoms with van der Waals surface area (Å²) in [5.74, 6) is -0.779. The Balaban J connectivity index is 1.85. The third-order valence-electron chi connectivity index (χ3n) is 5.61. The van der Waals surface area contributed by atoms with Gasteiger partial charge in [0.1, 0.15) is 28.2 Å². The number of benzene rings is 4. The van der Waals surface area contributed by atoms with Crippen LogP contribution in [-0.4, -0.2) is 28.6 Å². The number of anilines is 1. The molecule has 0 aliphatic carbocycles. The van der Waals surface area contributed by atoms with E-state index in [1.54, 1.807) is 49.4 Å². The third-order valence-corrected chi connectivity index (χ3v) is 8.36. The molecule has 0 spiro atoms. The van der Waals surface area contributed by atoms with Crippen LogP contribution in [0.4, 0.5) is 28.4 Å². The molecule has 0 amide bonds. The number of phenolic OH excluding ortho intramolecular Hbond substituents is 1. The van der Waals surface area contributed by atoms with Crippen LogP contribution in [0.3, 0.4) is 0 Å². The minimum absolute atomic E-state index is 0.00650. The number of rotatable bonds is 15. The van der Waals surface area contributed by atoms with Crippen LogP contribution in [-0.2, 0) is 38.1 Å². The molecule has 0 atom stereocenters. The summed E-state index contributed by atoms with van der Waals surface area (Å²) in [7, 11) is -5.00. The molecule has 0 aromatic heterocycles. The van der Waals surface area contributed by atoms with Gasteiger partial charge in [0.05, 0.1) is 62.7 Å². The van der Waals surface area contributed by atoms with Crippen LogP contribution in [0.2, 0.25) is 0 Å². The van der Waals surface area contributed by atoms with Gasteiger partial charge in [-0.2, -0.15) is 13.5 Å². The van der Waals surface area contributed by atoms with Crippen molar-refractivity contribution in [2.45, 2.75) is 26.5 Å². The van der Waals surface area contributed by atoms with Gasteiger partial charge in [-0.05, 0) is 66.4 Å². The standard InChI is InChI=1S/C25H21N5O12S4/c1-3-37-40-43-16-7-5-15(6-8-16)27-29-23-19(45-42-39-33)11-14-12-20(46(34,35)36)24(25(31)21(14)22(23)26)30-28-17-10-13(2)4-9-18(17)44-41-38-32/h3-12,31-33H,1,26H2,2H3,(H,34,35,36). The van der Waals surface area contributed by atoms with E-state index in [2.05, 4.69) is 50.7 Å². The van der Waals surface area contributed by atoms with Crippen LogP contribution < -0.4 is 5.73 Å². The maximum absolute atomic E-state index is 12.4. The molecular formula is C25H21N5O12S4. The Morgan fingerprint density at radius 2 is 1.52 bits per heavy atom. The van der Waals surface area contributed by atoms with E-state index in [-0.39, 0.29) is 37.6 Å². The van der Waals surface area contributed by atoms with Crippen molar-refractivity contribution in [1.82, 2.24) is 0 Å². The topological polar surface area (TPSA) is 246 Å². The minimum atomic E-state index is -5.00. The summed E-state index contributed by atoms with van der Waals surface area (Å²) in [5.41, 5.74) is 6.68. The Bertz CT molecular complexity index is 1890. The first-order chi connectivity index (χ1) is 22.1. The summed E-state index contributed by atoms with van der Waals surface area (Å²) < 4.78 is 48.6. The number of nitrogens with zero attached hydrogens (tertiary/aromatic N) is 4. The molecule has 0 unspecified atom stereocenters. The predicted octanol–water partition coefficient (Wildman–Crippen LogP) is 8.47. The highest BCUT2D eigenvalue weighted by Crippen LogP contribution is 2.49. The maximum atomic E-state index is 12.4. The SMILES string of the molecule is C=COOSc1ccc(N=Nc2c(SOOO)cc3cc(S(=O)(=O)O)c(N=Nc4cc(C)ccc4SOOO)c(O)c3c2N)cc1. The minimum Gasteiger partial charge on any atom is -0.505 e. The van der Waals surface area contributed by atoms with Gasteiger partial charge in [0.2, 0.25) is 0 Å². The molecule has 0 bridgehead atoms. The summed E-state index contributed by atoms with van der Waals surface area (Å²) in [6, 6.07) is 13.6. The van der Waals surface area contributed by atoms with E-state index < -0.39 is 26.5 Å². The molecule has 4 aromatic rings. The summed E-state index contributed by atoms with van der Waals surface area (Å²) >= 11 is 1.94. The van der Waals surface area contributed by atoms with Gasteiger partial charge in [0.15, 0.2) is 5.75 Å². The summed E-state index contributed by atoms with van der Waals surface area (Å²) in [6.07, 6.45) is 1.11. The van der Waals surface area contributed by atoms with E-state index >= 15 is 0 Å². The number of nitrogens with two attached hydrogens (primary N) is 1. The van der Waals surface area contributed by atoms with Gasteiger partial charge in [-0.25, -0.2) is 10.5 Å². The first-order valence-corrected chi connectivity index (χ1v) is 15.8. The van der Waals surface area contributed by atoms with Gasteiger partial charge in [-0.15, -0.1) is 28.3 Å². The molecule has 21 heteroatoms. The molecule has 0 saturated heterocycles. The van der Waals surface area contributed by atoms with Crippen molar-refractivity contribution >= 4 is 85.5 Å². The van der Waals surface area contributed by atoms with Crippen LogP contribution >= 0.6 is 36.1 Å². The molecule has 0 fully saturated rings. The monoisotopic (exact) mass is 711 g/mol. The van der Waals surface area contributed by atoms with Crippen molar-refractivity contribution in [2.75, 3.05) is 5.73 Å². The van der Waals surface area contributed by atoms with E-state index in [0.717, 1.165) is 29.9 Å². The number of azo groups is 2. The van der Waals surface area contributed by atoms with Gasteiger partial charge in [-0.3, -0.25) is 4.55 Å². The van der Waals surface area contributed by atoms with E-state index in [9.17, 15) is 18.1 Å². The summed E-state index contributed by atoms with van der Waals surface area (Å²) in [4.78, 5) is 4.80. The van der Waals surface area contributed by atoms with Gasteiger partial charge >= 0.3 is 0 Å². The molecule has 0 saturated carbocycles. The molecule has 242 valence electrons. The Hall–Kier alpha value is -3.84. The zero-order valence-corrected chi connectivity index (χ0v) is 26.3. The lowest BCUT2D eigenvalue weighted by molar-refractivity contribution is -0.432. The molecule has 4 aromatic carbocycles. The molecule has 0 radical (unpaired) electrons. The Labute approximate surface area is 272 Å². The van der Waals surface area contributed by atoms with E-state index in [4.69, 9.17) is 20.6 Å². The number of aromatic hydroxyl groups is 1. The van der Waals surface area contributed by atoms with Crippen molar-refractivity contribution in [3.8, 4) is 5.75 Å². The number of aryl methyl sites for hydroxylation is 1. The van der Waals surface area contributed by atoms with Gasteiger partial charge in [-0.1, -0.05) is 22.7 Å². The van der Waals surface area contributed by atoms with Gasteiger partial charge < -0.3 is 15.7 Å². The lowest BCUT2D eigenvalue weighted by Crippen LogP contribution is -2.00. The second-order valence-electron chi connectivity index (χ2n) is 8.51. The fraction of sp³-hybridized carbons (Fsp3) is 0.0400. The molecular weight excluding hydrogens is 691 g/mol. The quantitative estimate of drug-likeness (QED) is 0.0113. The van der Waals surface area contributed by atoms with Crippen LogP contribution in [0.1, 0.15) is 5.56 Å². The lowest BCUT2D eigenvalue weighted by Gasteiger charge is -2.14. The predicted molar refractivity (Wildman–Crippen MR) is 165 cm³/mol. The molecule has 4 rings (SSSR count). The van der Waals surface area contributed by atoms with E-state index in [1.807, 2.05) is 0 Å². The average Bonchev–Trinajstić information content (AvgIpc) is 3.02. The molecule has 0 aliphatic rings. The van der Waals surface area contributed by atoms with Crippen LogP contribution in [0, 0.1) is 6.92 Å². The van der Waals surface area contributed by atoms with Gasteiger partial charge in [0, 0.05) is 4.90 Å². The van der Waals surface area contributed by atoms with Crippen molar-refractivity contribution in [3.63, 3.8) is 0 Å². The van der Waals surface area contributed by atoms with Crippen molar-refractivity contribution in [2.24, 2.45) is 20.5 Å². The molecule has 46 heavy (non-hydrogen) atoms. The zero-order chi connectivity index (χ0) is 33.3. The first-order valence-electron chi connectivity index (χ1n) is 12.1. The Morgan fingerprint density at radius 1 is 0.848 bits per heavy atom. The average molecular weight is 712 g/mol. The summed E-state index contributed by atoms with van der Waals surface area (Å²) in [6.45, 7) is 5.11. The first kappa shape index (κ1) is 35.0. The maximum Gasteiger partial charge on any atom is 0.296 e. The number of fused-ring (bicyclic) bond motifs is 1. The lowest BCUT2D eigenvalue weighted by atomic mass is 10.1. The number of nitrogen functional groups attached to an aromatic ring is 1. The smallest absolute Gasteiger partial charge is 0.296 e. The highest BCUT2D eigenvalue weighted by molar-refractivity contribution is 7.95. The number of hydrogen-bond acceptors (Lipinski definition) is 19. The fourth-order valence-corrected chi connectivity index (χ4v) is 5.72. The fourth-order valence-electron chi connectivity index (χ4n) is 3.72. The molecule has 0 aliphatic heterocycles. The van der Waals surface area contributed by atoms with Crippen molar-refractivity contribution in [1.29, 1.82) is 0 Å². The van der Waals surface area contributed by atoms with Gasteiger partial charge in [0.25, 0.3) is 10.1 Å². The molecule has 6 N–H and O–H groups in total. The summed E-state index contributed by atoms with van der Waals surface area (Å²) in [5, 5.41) is 52.0. The highest BCUT2D eigenvalue weighted by Gasteiger charge is 2.26. The number of phenols is 1. The highest BCUT2D eigenvalue weighted by atomic mass is 32.2. The third kappa shape index (κ3) is 8.69. The molecule has 0 heterocycles. The largest absolute Gasteiger partial charge is 0.505 e. The second kappa shape index (κ2) is 16.1. The Kier molecular flexibility index (Phi) is 12.3. The van der Waals surface area contributed by atoms with Crippen molar-refractivity contribution < 1.29 is 56.6 Å². The molecule has 17 nitrogen and oxygen atoms in total. The Morgan fingerprint density at radius 3 is 2.17 bits per heavy atom. The van der Waals surface area contributed by atoms with Crippen LogP contribution in [0.5, 0.6) is 5.75 Å². The van der Waals surface area contributed by atoms with E-state index in [0.29, 0.717) is 34.7 Å². The zero-order valence-electron chi connectivity index (χ0n) is 23.0. The van der Waals surface area contributed by atoms with E-state index in [1.165, 1.54) is 6.07 Å². The normalized spacial score (nSPS) is 12.0.